The first-order chi connectivity index (χ1) is 10.1. The number of amidine groups is 1. The lowest BCUT2D eigenvalue weighted by molar-refractivity contribution is -0.116. The van der Waals surface area contributed by atoms with Crippen LogP contribution in [0.1, 0.15) is 12.5 Å². The molecule has 0 atom stereocenters. The second-order valence-electron chi connectivity index (χ2n) is 4.41. The van der Waals surface area contributed by atoms with Crippen molar-refractivity contribution in [1.29, 1.82) is 0 Å². The van der Waals surface area contributed by atoms with Gasteiger partial charge in [0.25, 0.3) is 0 Å². The summed E-state index contributed by atoms with van der Waals surface area (Å²) in [6, 6.07) is 8.98. The predicted octanol–water partition coefficient (Wildman–Crippen LogP) is 1.74. The number of rotatable bonds is 2. The van der Waals surface area contributed by atoms with Crippen LogP contribution in [-0.4, -0.2) is 22.5 Å². The molecule has 6 nitrogen and oxygen atoms in total. The second kappa shape index (κ2) is 5.53. The number of nitrogens with one attached hydrogen (secondary N) is 1. The van der Waals surface area contributed by atoms with Crippen LogP contribution in [0.25, 0.3) is 11.0 Å². The molecule has 1 saturated heterocycles. The lowest BCUT2D eigenvalue weighted by atomic mass is 10.1. The highest BCUT2D eigenvalue weighted by Crippen LogP contribution is 2.13. The summed E-state index contributed by atoms with van der Waals surface area (Å²) < 4.78 is 5.24. The van der Waals surface area contributed by atoms with Gasteiger partial charge in [0.15, 0.2) is 5.17 Å². The van der Waals surface area contributed by atoms with Crippen LogP contribution in [-0.2, 0) is 4.79 Å². The molecule has 2 aromatic rings. The lowest BCUT2D eigenvalue weighted by Crippen LogP contribution is -2.20. The summed E-state index contributed by atoms with van der Waals surface area (Å²) in [6.45, 7) is 1.67. The minimum atomic E-state index is -0.460. The van der Waals surface area contributed by atoms with Crippen LogP contribution in [0.4, 0.5) is 0 Å². The highest BCUT2D eigenvalue weighted by Gasteiger charge is 2.16. The Kier molecular flexibility index (Phi) is 3.57. The highest BCUT2D eigenvalue weighted by atomic mass is 32.2. The van der Waals surface area contributed by atoms with Crippen LogP contribution in [0, 0.1) is 0 Å². The molecule has 0 radical (unpaired) electrons. The van der Waals surface area contributed by atoms with Crippen LogP contribution in [0.3, 0.4) is 0 Å². The largest absolute Gasteiger partial charge is 0.422 e. The Balaban J connectivity index is 1.97. The number of amides is 1. The molecule has 3 rings (SSSR count). The molecule has 1 aromatic carbocycles. The molecular formula is C14H11N3O3S. The monoisotopic (exact) mass is 301 g/mol. The van der Waals surface area contributed by atoms with E-state index in [0.717, 1.165) is 5.39 Å². The van der Waals surface area contributed by atoms with Crippen molar-refractivity contribution in [1.82, 2.24) is 5.32 Å². The van der Waals surface area contributed by atoms with E-state index >= 15 is 0 Å². The van der Waals surface area contributed by atoms with E-state index in [4.69, 9.17) is 4.42 Å². The molecule has 1 N–H and O–H groups in total. The Labute approximate surface area is 123 Å². The normalized spacial score (nSPS) is 17.5. The first-order valence-corrected chi connectivity index (χ1v) is 7.20. The van der Waals surface area contributed by atoms with E-state index in [2.05, 4.69) is 15.5 Å². The molecule has 1 aliphatic heterocycles. The number of hydrogen-bond acceptors (Lipinski definition) is 6. The van der Waals surface area contributed by atoms with Gasteiger partial charge in [0.1, 0.15) is 5.58 Å². The quantitative estimate of drug-likeness (QED) is 0.520. The van der Waals surface area contributed by atoms with E-state index in [0.29, 0.717) is 27.8 Å². The number of hydrogen-bond donors (Lipinski definition) is 1. The SMILES string of the molecule is CC(=NN=C1NC(=O)CS1)c1cc2ccccc2oc1=O. The third-order valence-corrected chi connectivity index (χ3v) is 3.77. The van der Waals surface area contributed by atoms with Gasteiger partial charge in [0.2, 0.25) is 5.91 Å². The summed E-state index contributed by atoms with van der Waals surface area (Å²) in [7, 11) is 0. The molecule has 0 bridgehead atoms. The zero-order valence-electron chi connectivity index (χ0n) is 11.1. The molecule has 1 aliphatic rings. The molecule has 21 heavy (non-hydrogen) atoms. The molecule has 0 unspecified atom stereocenters. The third-order valence-electron chi connectivity index (χ3n) is 2.91. The molecule has 1 fully saturated rings. The Hall–Kier alpha value is -2.41. The van der Waals surface area contributed by atoms with Crippen LogP contribution >= 0.6 is 11.8 Å². The Morgan fingerprint density at radius 3 is 2.90 bits per heavy atom. The van der Waals surface area contributed by atoms with E-state index in [1.807, 2.05) is 12.1 Å². The van der Waals surface area contributed by atoms with Crippen LogP contribution in [0.15, 0.2) is 49.7 Å². The summed E-state index contributed by atoms with van der Waals surface area (Å²) in [5.74, 6) is 0.239. The minimum Gasteiger partial charge on any atom is -0.422 e. The summed E-state index contributed by atoms with van der Waals surface area (Å²) in [5, 5.41) is 11.7. The number of thioether (sulfide) groups is 1. The van der Waals surface area contributed by atoms with E-state index in [1.54, 1.807) is 25.1 Å². The molecule has 0 aliphatic carbocycles. The summed E-state index contributed by atoms with van der Waals surface area (Å²) >= 11 is 1.28. The maximum absolute atomic E-state index is 12.0. The molecule has 7 heteroatoms. The number of fused-ring (bicyclic) bond motifs is 1. The zero-order chi connectivity index (χ0) is 14.8. The number of carbonyl (C=O) groups is 1. The maximum atomic E-state index is 12.0. The van der Waals surface area contributed by atoms with E-state index in [-0.39, 0.29) is 5.91 Å². The summed E-state index contributed by atoms with van der Waals surface area (Å²) in [6.07, 6.45) is 0. The molecular weight excluding hydrogens is 290 g/mol. The molecule has 0 saturated carbocycles. The average molecular weight is 301 g/mol. The second-order valence-corrected chi connectivity index (χ2v) is 5.38. The van der Waals surface area contributed by atoms with Crippen molar-refractivity contribution in [2.45, 2.75) is 6.92 Å². The van der Waals surface area contributed by atoms with Crippen LogP contribution in [0.2, 0.25) is 0 Å². The van der Waals surface area contributed by atoms with E-state index in [1.165, 1.54) is 11.8 Å². The van der Waals surface area contributed by atoms with Gasteiger partial charge >= 0.3 is 5.63 Å². The average Bonchev–Trinajstić information content (AvgIpc) is 2.89. The van der Waals surface area contributed by atoms with Gasteiger partial charge in [-0.3, -0.25) is 4.79 Å². The van der Waals surface area contributed by atoms with Gasteiger partial charge in [-0.1, -0.05) is 30.0 Å². The van der Waals surface area contributed by atoms with Gasteiger partial charge in [-0.15, -0.1) is 5.10 Å². The molecule has 1 amide bonds. The van der Waals surface area contributed by atoms with Gasteiger partial charge in [-0.25, -0.2) is 4.79 Å². The van der Waals surface area contributed by atoms with Gasteiger partial charge in [0.05, 0.1) is 17.0 Å². The van der Waals surface area contributed by atoms with Crippen molar-refractivity contribution in [3.05, 3.63) is 46.3 Å². The summed E-state index contributed by atoms with van der Waals surface area (Å²) in [4.78, 5) is 23.0. The minimum absolute atomic E-state index is 0.100. The topological polar surface area (TPSA) is 84.0 Å². The first-order valence-electron chi connectivity index (χ1n) is 6.21. The Bertz CT molecular complexity index is 839. The predicted molar refractivity (Wildman–Crippen MR) is 82.7 cm³/mol. The maximum Gasteiger partial charge on any atom is 0.345 e. The number of para-hydroxylation sites is 1. The van der Waals surface area contributed by atoms with Crippen LogP contribution in [0.5, 0.6) is 0 Å². The van der Waals surface area contributed by atoms with Crippen molar-refractivity contribution in [3.8, 4) is 0 Å². The van der Waals surface area contributed by atoms with E-state index < -0.39 is 5.63 Å². The fraction of sp³-hybridized carbons (Fsp3) is 0.143. The molecule has 106 valence electrons. The Morgan fingerprint density at radius 2 is 2.14 bits per heavy atom. The van der Waals surface area contributed by atoms with Crippen molar-refractivity contribution in [3.63, 3.8) is 0 Å². The number of carbonyl (C=O) groups excluding carboxylic acids is 1. The fourth-order valence-electron chi connectivity index (χ4n) is 1.87. The highest BCUT2D eigenvalue weighted by molar-refractivity contribution is 8.15. The lowest BCUT2D eigenvalue weighted by Gasteiger charge is -2.00. The standard InChI is InChI=1S/C14H11N3O3S/c1-8(16-17-14-15-12(18)7-21-14)10-6-9-4-2-3-5-11(9)20-13(10)19/h2-6H,7H2,1H3,(H,15,17,18). The molecule has 0 spiro atoms. The first kappa shape index (κ1) is 13.6. The van der Waals surface area contributed by atoms with Gasteiger partial charge < -0.3 is 9.73 Å². The number of benzene rings is 1. The van der Waals surface area contributed by atoms with Crippen molar-refractivity contribution < 1.29 is 9.21 Å². The van der Waals surface area contributed by atoms with Gasteiger partial charge in [-0.05, 0) is 19.1 Å². The van der Waals surface area contributed by atoms with Crippen molar-refractivity contribution >= 4 is 39.5 Å². The molecule has 2 heterocycles. The van der Waals surface area contributed by atoms with Crippen LogP contribution < -0.4 is 10.9 Å². The molecule has 1 aromatic heterocycles. The fourth-order valence-corrected chi connectivity index (χ4v) is 2.49. The van der Waals surface area contributed by atoms with Crippen molar-refractivity contribution in [2.24, 2.45) is 10.2 Å². The van der Waals surface area contributed by atoms with E-state index in [9.17, 15) is 9.59 Å². The Morgan fingerprint density at radius 1 is 1.33 bits per heavy atom. The third kappa shape index (κ3) is 2.87. The summed E-state index contributed by atoms with van der Waals surface area (Å²) in [5.41, 5.74) is 0.860. The van der Waals surface area contributed by atoms with Gasteiger partial charge in [-0.2, -0.15) is 5.10 Å². The van der Waals surface area contributed by atoms with Gasteiger partial charge in [0, 0.05) is 5.39 Å². The number of nitrogens with zero attached hydrogens (tertiary/aromatic N) is 2. The zero-order valence-corrected chi connectivity index (χ0v) is 11.9. The smallest absolute Gasteiger partial charge is 0.345 e. The van der Waals surface area contributed by atoms with Crippen molar-refractivity contribution in [2.75, 3.05) is 5.75 Å².